The maximum absolute atomic E-state index is 13.0. The van der Waals surface area contributed by atoms with Gasteiger partial charge in [0.25, 0.3) is 11.8 Å². The van der Waals surface area contributed by atoms with Gasteiger partial charge in [0, 0.05) is 59.9 Å². The Hall–Kier alpha value is -3.97. The molecule has 0 aliphatic rings. The van der Waals surface area contributed by atoms with Crippen molar-refractivity contribution in [2.75, 3.05) is 54.0 Å². The molecule has 1 N–H and O–H groups in total. The molecule has 0 aromatic heterocycles. The predicted octanol–water partition coefficient (Wildman–Crippen LogP) is 3.68. The monoisotopic (exact) mass is 719 g/mol. The van der Waals surface area contributed by atoms with E-state index in [0.717, 1.165) is 23.0 Å². The van der Waals surface area contributed by atoms with Gasteiger partial charge in [-0.05, 0) is 68.1 Å². The number of hydrogen-bond donors (Lipinski definition) is 1. The van der Waals surface area contributed by atoms with Gasteiger partial charge in [0.15, 0.2) is 19.9 Å². The van der Waals surface area contributed by atoms with Gasteiger partial charge >= 0.3 is 29.6 Å². The average Bonchev–Trinajstić information content (AvgIpc) is 3.17. The fourth-order valence-electron chi connectivity index (χ4n) is 5.55. The van der Waals surface area contributed by atoms with Crippen LogP contribution >= 0.6 is 0 Å². The largest absolute Gasteiger partial charge is 1.00 e. The van der Waals surface area contributed by atoms with Crippen molar-refractivity contribution in [2.24, 2.45) is 0 Å². The zero-order valence-corrected chi connectivity index (χ0v) is 33.4. The Kier molecular flexibility index (Phi) is 21.5. The molecule has 0 spiro atoms. The number of amides is 2. The molecule has 12 heteroatoms. The van der Waals surface area contributed by atoms with Crippen LogP contribution in [0.5, 0.6) is 11.5 Å². The number of aliphatic hydroxyl groups is 1. The van der Waals surface area contributed by atoms with Gasteiger partial charge in [0.2, 0.25) is 0 Å². The van der Waals surface area contributed by atoms with Crippen molar-refractivity contribution in [3.05, 3.63) is 107 Å². The predicted molar refractivity (Wildman–Crippen MR) is 201 cm³/mol. The Labute approximate surface area is 333 Å². The molecule has 0 aliphatic carbocycles. The summed E-state index contributed by atoms with van der Waals surface area (Å²) in [6.07, 6.45) is 0.721. The van der Waals surface area contributed by atoms with E-state index in [1.165, 1.54) is 14.2 Å². The number of carbonyl (C=O) groups excluding carboxylic acids is 3. The van der Waals surface area contributed by atoms with E-state index in [2.05, 4.69) is 0 Å². The van der Waals surface area contributed by atoms with Crippen LogP contribution in [0.15, 0.2) is 84.9 Å². The molecule has 271 valence electrons. The first-order valence-electron chi connectivity index (χ1n) is 16.7. The summed E-state index contributed by atoms with van der Waals surface area (Å²) in [5, 5.41) is 10.0. The molecule has 4 aromatic rings. The van der Waals surface area contributed by atoms with E-state index in [-0.39, 0.29) is 77.0 Å². The molecule has 4 rings (SSSR count). The van der Waals surface area contributed by atoms with E-state index in [9.17, 15) is 19.5 Å². The van der Waals surface area contributed by atoms with E-state index in [4.69, 9.17) is 18.9 Å². The number of rotatable bonds is 16. The Morgan fingerprint density at radius 3 is 1.46 bits per heavy atom. The second-order valence-corrected chi connectivity index (χ2v) is 10.9. The molecule has 0 atom stereocenters. The van der Waals surface area contributed by atoms with E-state index >= 15 is 0 Å². The number of benzene rings is 4. The van der Waals surface area contributed by atoms with Crippen LogP contribution in [-0.2, 0) is 16.1 Å². The van der Waals surface area contributed by atoms with Crippen LogP contribution in [0.25, 0.3) is 22.3 Å². The van der Waals surface area contributed by atoms with E-state index < -0.39 is 0 Å². The molecule has 0 saturated carbocycles. The summed E-state index contributed by atoms with van der Waals surface area (Å²) in [6.45, 7) is 9.70. The van der Waals surface area contributed by atoms with E-state index in [0.29, 0.717) is 59.9 Å². The molecule has 0 heterocycles. The number of hydrogen-bond acceptors (Lipinski definition) is 8. The summed E-state index contributed by atoms with van der Waals surface area (Å²) in [5.74, 6) is 0.386. The molecule has 4 aromatic carbocycles. The van der Waals surface area contributed by atoms with Crippen LogP contribution in [0.1, 0.15) is 65.8 Å². The van der Waals surface area contributed by atoms with Crippen LogP contribution in [0.4, 0.5) is 0 Å². The minimum atomic E-state index is -0.253. The Morgan fingerprint density at radius 2 is 1.06 bits per heavy atom. The molecular formula is C40H49BN2NaO8. The van der Waals surface area contributed by atoms with Gasteiger partial charge in [0.05, 0.1) is 17.7 Å². The maximum Gasteiger partial charge on any atom is 1.00 e. The van der Waals surface area contributed by atoms with Crippen molar-refractivity contribution in [1.82, 2.24) is 9.80 Å². The zero-order chi connectivity index (χ0) is 36.5. The summed E-state index contributed by atoms with van der Waals surface area (Å²) < 4.78 is 21.1. The molecule has 0 saturated heterocycles. The van der Waals surface area contributed by atoms with Crippen molar-refractivity contribution >= 4 is 26.5 Å². The van der Waals surface area contributed by atoms with E-state index in [1.807, 2.05) is 94.4 Å². The second-order valence-electron chi connectivity index (χ2n) is 10.9. The average molecular weight is 720 g/mol. The number of ether oxygens (including phenoxy) is 4. The van der Waals surface area contributed by atoms with Crippen molar-refractivity contribution in [3.63, 3.8) is 0 Å². The van der Waals surface area contributed by atoms with Crippen molar-refractivity contribution < 1.29 is 69.4 Å². The first-order chi connectivity index (χ1) is 24.3. The van der Waals surface area contributed by atoms with Gasteiger partial charge in [-0.25, -0.2) is 0 Å². The minimum absolute atomic E-state index is 0. The number of nitrogens with zero attached hydrogens (tertiary/aromatic N) is 2. The van der Waals surface area contributed by atoms with Crippen LogP contribution < -0.4 is 39.0 Å². The van der Waals surface area contributed by atoms with Gasteiger partial charge in [-0.1, -0.05) is 66.7 Å². The van der Waals surface area contributed by atoms with Crippen molar-refractivity contribution in [1.29, 1.82) is 0 Å². The zero-order valence-electron chi connectivity index (χ0n) is 32.4. The van der Waals surface area contributed by atoms with Crippen molar-refractivity contribution in [2.45, 2.75) is 34.3 Å². The molecule has 0 fully saturated rings. The minimum Gasteiger partial charge on any atom is -1.00 e. The molecule has 2 amide bonds. The molecule has 0 bridgehead atoms. The van der Waals surface area contributed by atoms with Gasteiger partial charge < -0.3 is 35.3 Å². The SMILES string of the molecule is CCN(CC)C(=O)c1c(OCOC)ccc(-c2ccccc2)c1C=O.CCN(CC)C(=O)c1c(OCOC)ccc(-c2ccccc2)c1CO.[B].[H-].[Na+]. The topological polar surface area (TPSA) is 115 Å². The summed E-state index contributed by atoms with van der Waals surface area (Å²) in [4.78, 5) is 41.3. The summed E-state index contributed by atoms with van der Waals surface area (Å²) in [7, 11) is 3.03. The molecular weight excluding hydrogens is 670 g/mol. The third kappa shape index (κ3) is 11.5. The molecule has 3 radical (unpaired) electrons. The van der Waals surface area contributed by atoms with E-state index in [1.54, 1.807) is 28.0 Å². The fourth-order valence-corrected chi connectivity index (χ4v) is 5.55. The number of aliphatic hydroxyl groups excluding tert-OH is 1. The summed E-state index contributed by atoms with van der Waals surface area (Å²) >= 11 is 0. The van der Waals surface area contributed by atoms with Crippen LogP contribution in [0, 0.1) is 0 Å². The van der Waals surface area contributed by atoms with Gasteiger partial charge in [-0.3, -0.25) is 14.4 Å². The number of aldehydes is 1. The number of carbonyl (C=O) groups is 3. The maximum atomic E-state index is 13.0. The summed E-state index contributed by atoms with van der Waals surface area (Å²) in [6, 6.07) is 26.3. The Balaban J connectivity index is 0.000000966. The van der Waals surface area contributed by atoms with Gasteiger partial charge in [0.1, 0.15) is 11.5 Å². The molecule has 10 nitrogen and oxygen atoms in total. The molecule has 52 heavy (non-hydrogen) atoms. The first-order valence-corrected chi connectivity index (χ1v) is 16.7. The third-order valence-corrected chi connectivity index (χ3v) is 8.12. The van der Waals surface area contributed by atoms with Crippen LogP contribution in [-0.4, -0.2) is 95.4 Å². The Bertz CT molecular complexity index is 1690. The molecule has 0 unspecified atom stereocenters. The van der Waals surface area contributed by atoms with Gasteiger partial charge in [-0.15, -0.1) is 0 Å². The third-order valence-electron chi connectivity index (χ3n) is 8.12. The first kappa shape index (κ1) is 46.1. The van der Waals surface area contributed by atoms with Crippen LogP contribution in [0.3, 0.4) is 0 Å². The quantitative estimate of drug-likeness (QED) is 0.106. The Morgan fingerprint density at radius 1 is 0.654 bits per heavy atom. The molecule has 0 aliphatic heterocycles. The summed E-state index contributed by atoms with van der Waals surface area (Å²) in [5.41, 5.74) is 4.91. The number of methoxy groups -OCH3 is 2. The van der Waals surface area contributed by atoms with Gasteiger partial charge in [-0.2, -0.15) is 0 Å². The normalized spacial score (nSPS) is 10.1. The van der Waals surface area contributed by atoms with Crippen LogP contribution in [0.2, 0.25) is 0 Å². The smallest absolute Gasteiger partial charge is 1.00 e. The fraction of sp³-hybridized carbons (Fsp3) is 0.325. The second kappa shape index (κ2) is 24.3. The van der Waals surface area contributed by atoms with Crippen molar-refractivity contribution in [3.8, 4) is 33.8 Å². The standard InChI is InChI=1S/C20H25NO4.C20H23NO4.B.Na.H/c2*1-4-21(5-2)20(23)19-17(13-22)16(15-9-7-6-8-10-15)11-12-18(19)25-14-24-3;;;/h6-12,22H,4-5,13-14H2,1-3H3;6-13H,4-5,14H2,1-3H3;;;/q;;;+1;-1.